The van der Waals surface area contributed by atoms with Crippen LogP contribution in [0.1, 0.15) is 19.4 Å². The number of rotatable bonds is 2. The van der Waals surface area contributed by atoms with E-state index in [4.69, 9.17) is 10.2 Å². The molecule has 2 atom stereocenters. The lowest BCUT2D eigenvalue weighted by Gasteiger charge is -2.08. The minimum Gasteiger partial charge on any atom is -0.379 e. The normalized spacial score (nSPS) is 13.9. The number of aromatic nitrogens is 3. The average molecular weight is 252 g/mol. The summed E-state index contributed by atoms with van der Waals surface area (Å²) in [6.45, 7) is 5.14. The van der Waals surface area contributed by atoms with Crippen molar-refractivity contribution in [1.29, 1.82) is 0 Å². The minimum atomic E-state index is -0.625. The zero-order chi connectivity index (χ0) is 13.7. The Morgan fingerprint density at radius 2 is 1.83 bits per heavy atom. The van der Waals surface area contributed by atoms with E-state index in [2.05, 4.69) is 15.6 Å². The number of aliphatic hydroxyl groups excluding tert-OH is 2. The number of hydrogen-bond donors (Lipinski definition) is 3. The molecular weight excluding hydrogens is 232 g/mol. The van der Waals surface area contributed by atoms with Crippen LogP contribution in [0.2, 0.25) is 0 Å². The molecule has 0 fully saturated rings. The zero-order valence-corrected chi connectivity index (χ0v) is 11.1. The van der Waals surface area contributed by atoms with E-state index in [1.54, 1.807) is 18.5 Å². The number of aliphatic hydroxyl groups is 2. The summed E-state index contributed by atoms with van der Waals surface area (Å²) in [5.41, 5.74) is 3.26. The third kappa shape index (κ3) is 4.06. The maximum Gasteiger partial charge on any atom is 0.116 e. The summed E-state index contributed by atoms with van der Waals surface area (Å²) in [5.74, 6) is 0. The lowest BCUT2D eigenvalue weighted by molar-refractivity contribution is 0.0632. The largest absolute Gasteiger partial charge is 0.379 e. The molecule has 0 aliphatic heterocycles. The van der Waals surface area contributed by atoms with E-state index in [1.807, 2.05) is 32.2 Å². The first-order chi connectivity index (χ1) is 8.41. The molecule has 0 saturated heterocycles. The van der Waals surface area contributed by atoms with Crippen LogP contribution in [-0.2, 0) is 7.05 Å². The first-order valence-electron chi connectivity index (χ1n) is 5.79. The Labute approximate surface area is 106 Å². The molecule has 6 nitrogen and oxygen atoms in total. The Morgan fingerprint density at radius 1 is 1.22 bits per heavy atom. The third-order valence-electron chi connectivity index (χ3n) is 2.33. The summed E-state index contributed by atoms with van der Waals surface area (Å²) in [4.78, 5) is 0. The lowest BCUT2D eigenvalue weighted by atomic mass is 10.2. The van der Waals surface area contributed by atoms with Gasteiger partial charge in [0.2, 0.25) is 0 Å². The van der Waals surface area contributed by atoms with E-state index in [0.717, 1.165) is 11.0 Å². The predicted molar refractivity (Wildman–Crippen MR) is 69.7 cm³/mol. The van der Waals surface area contributed by atoms with Gasteiger partial charge in [-0.05, 0) is 32.4 Å². The average Bonchev–Trinajstić information content (AvgIpc) is 2.61. The van der Waals surface area contributed by atoms with Gasteiger partial charge in [-0.25, -0.2) is 4.68 Å². The molecule has 2 rings (SSSR count). The summed E-state index contributed by atoms with van der Waals surface area (Å²) in [6, 6.07) is 6.07. The molecule has 0 radical (unpaired) electrons. The van der Waals surface area contributed by atoms with Gasteiger partial charge in [-0.2, -0.15) is 0 Å². The van der Waals surface area contributed by atoms with Crippen molar-refractivity contribution < 1.29 is 10.2 Å². The number of nitrogens with zero attached hydrogens (tertiary/aromatic N) is 3. The molecule has 0 aliphatic carbocycles. The molecule has 1 aromatic carbocycles. The number of aryl methyl sites for hydroxylation is 2. The van der Waals surface area contributed by atoms with Gasteiger partial charge in [0.05, 0.1) is 5.52 Å². The zero-order valence-electron chi connectivity index (χ0n) is 11.1. The van der Waals surface area contributed by atoms with Crippen LogP contribution in [0.15, 0.2) is 18.2 Å². The molecule has 0 spiro atoms. The monoisotopic (exact) mass is 252 g/mol. The number of fused-ring (bicyclic) bond motifs is 1. The second kappa shape index (κ2) is 6.44. The summed E-state index contributed by atoms with van der Waals surface area (Å²) < 4.78 is 1.78. The van der Waals surface area contributed by atoms with Crippen LogP contribution < -0.4 is 5.32 Å². The van der Waals surface area contributed by atoms with Gasteiger partial charge in [0.25, 0.3) is 0 Å². The molecule has 0 aliphatic rings. The fraction of sp³-hybridized carbons (Fsp3) is 0.500. The van der Waals surface area contributed by atoms with E-state index in [9.17, 15) is 0 Å². The number of hydrogen-bond acceptors (Lipinski definition) is 5. The molecule has 0 amide bonds. The van der Waals surface area contributed by atoms with Gasteiger partial charge in [0.1, 0.15) is 18.0 Å². The molecule has 0 saturated carbocycles. The number of benzene rings is 1. The predicted octanol–water partition coefficient (Wildman–Crippen LogP) is 0.529. The molecule has 3 N–H and O–H groups in total. The van der Waals surface area contributed by atoms with Crippen LogP contribution in [0, 0.1) is 6.92 Å². The van der Waals surface area contributed by atoms with Gasteiger partial charge in [0.15, 0.2) is 0 Å². The van der Waals surface area contributed by atoms with E-state index < -0.39 is 12.5 Å². The first kappa shape index (κ1) is 14.6. The van der Waals surface area contributed by atoms with Crippen LogP contribution in [0.5, 0.6) is 0 Å². The highest BCUT2D eigenvalue weighted by Crippen LogP contribution is 2.13. The van der Waals surface area contributed by atoms with Gasteiger partial charge in [-0.1, -0.05) is 17.3 Å². The second-order valence-corrected chi connectivity index (χ2v) is 4.17. The molecule has 100 valence electrons. The molecule has 1 heterocycles. The van der Waals surface area contributed by atoms with Crippen molar-refractivity contribution in [3.63, 3.8) is 0 Å². The number of nitrogens with one attached hydrogen (secondary N) is 1. The fourth-order valence-electron chi connectivity index (χ4n) is 1.54. The Hall–Kier alpha value is -1.50. The van der Waals surface area contributed by atoms with Crippen LogP contribution in [0.4, 0.5) is 0 Å². The quantitative estimate of drug-likeness (QED) is 0.679. The van der Waals surface area contributed by atoms with Crippen molar-refractivity contribution in [3.05, 3.63) is 23.8 Å². The van der Waals surface area contributed by atoms with Gasteiger partial charge in [0, 0.05) is 7.05 Å². The van der Waals surface area contributed by atoms with E-state index in [0.29, 0.717) is 0 Å². The molecule has 18 heavy (non-hydrogen) atoms. The minimum absolute atomic E-state index is 0.625. The lowest BCUT2D eigenvalue weighted by Crippen LogP contribution is -2.33. The van der Waals surface area contributed by atoms with Gasteiger partial charge >= 0.3 is 0 Å². The van der Waals surface area contributed by atoms with Gasteiger partial charge in [-0.3, -0.25) is 5.32 Å². The summed E-state index contributed by atoms with van der Waals surface area (Å²) in [6.07, 6.45) is -1.25. The van der Waals surface area contributed by atoms with E-state index in [1.165, 1.54) is 5.56 Å². The molecule has 1 aromatic heterocycles. The van der Waals surface area contributed by atoms with Gasteiger partial charge in [-0.15, -0.1) is 5.10 Å². The highest BCUT2D eigenvalue weighted by atomic mass is 16.3. The van der Waals surface area contributed by atoms with Crippen molar-refractivity contribution in [2.75, 3.05) is 0 Å². The van der Waals surface area contributed by atoms with Crippen molar-refractivity contribution in [2.24, 2.45) is 7.05 Å². The summed E-state index contributed by atoms with van der Waals surface area (Å²) >= 11 is 0. The highest BCUT2D eigenvalue weighted by molar-refractivity contribution is 5.77. The molecule has 2 unspecified atom stereocenters. The van der Waals surface area contributed by atoms with E-state index in [-0.39, 0.29) is 0 Å². The smallest absolute Gasteiger partial charge is 0.116 e. The standard InChI is InChI=1S/C8H9N3.C4H11NO2/c1-6-4-3-5-7-8(6)9-10-11(7)2;1-3(6)5-4(2)7/h3-5H,1-2H3;3-7H,1-2H3. The Kier molecular flexibility index (Phi) is 5.21. The Balaban J connectivity index is 0.000000203. The highest BCUT2D eigenvalue weighted by Gasteiger charge is 2.01. The van der Waals surface area contributed by atoms with Crippen LogP contribution in [-0.4, -0.2) is 37.7 Å². The Bertz CT molecular complexity index is 488. The first-order valence-corrected chi connectivity index (χ1v) is 5.79. The second-order valence-electron chi connectivity index (χ2n) is 4.17. The summed E-state index contributed by atoms with van der Waals surface area (Å²) in [7, 11) is 1.90. The third-order valence-corrected chi connectivity index (χ3v) is 2.33. The summed E-state index contributed by atoms with van der Waals surface area (Å²) in [5, 5.41) is 27.3. The molecule has 0 bridgehead atoms. The fourth-order valence-corrected chi connectivity index (χ4v) is 1.54. The van der Waals surface area contributed by atoms with Gasteiger partial charge < -0.3 is 10.2 Å². The maximum atomic E-state index is 8.45. The van der Waals surface area contributed by atoms with Crippen molar-refractivity contribution in [1.82, 2.24) is 20.3 Å². The van der Waals surface area contributed by atoms with Crippen molar-refractivity contribution in [3.8, 4) is 0 Å². The molecule has 2 aromatic rings. The van der Waals surface area contributed by atoms with Crippen molar-refractivity contribution in [2.45, 2.75) is 33.2 Å². The van der Waals surface area contributed by atoms with Crippen LogP contribution >= 0.6 is 0 Å². The van der Waals surface area contributed by atoms with Crippen LogP contribution in [0.3, 0.4) is 0 Å². The Morgan fingerprint density at radius 3 is 2.28 bits per heavy atom. The van der Waals surface area contributed by atoms with Crippen LogP contribution in [0.25, 0.3) is 11.0 Å². The van der Waals surface area contributed by atoms with Crippen molar-refractivity contribution >= 4 is 11.0 Å². The maximum absolute atomic E-state index is 8.45. The molecular formula is C12H20N4O2. The SMILES string of the molecule is CC(O)NC(C)O.Cc1cccc2c1nnn2C. The van der Waals surface area contributed by atoms with E-state index >= 15 is 0 Å². The molecule has 6 heteroatoms. The topological polar surface area (TPSA) is 83.2 Å².